The van der Waals surface area contributed by atoms with Gasteiger partial charge in [0.2, 0.25) is 0 Å². The highest BCUT2D eigenvalue weighted by Crippen LogP contribution is 2.29. The van der Waals surface area contributed by atoms with Gasteiger partial charge in [-0.2, -0.15) is 0 Å². The van der Waals surface area contributed by atoms with Crippen LogP contribution in [0.2, 0.25) is 0 Å². The fourth-order valence-corrected chi connectivity index (χ4v) is 3.81. The first-order valence-electron chi connectivity index (χ1n) is 9.35. The molecule has 0 bridgehead atoms. The van der Waals surface area contributed by atoms with Crippen LogP contribution in [0.3, 0.4) is 0 Å². The van der Waals surface area contributed by atoms with Crippen LogP contribution in [0.5, 0.6) is 0 Å². The van der Waals surface area contributed by atoms with E-state index < -0.39 is 6.04 Å². The minimum Gasteiger partial charge on any atom is -0.340 e. The predicted molar refractivity (Wildman–Crippen MR) is 98.9 cm³/mol. The average molecular weight is 365 g/mol. The molecule has 0 N–H and O–H groups in total. The summed E-state index contributed by atoms with van der Waals surface area (Å²) in [6, 6.07) is 9.14. The lowest BCUT2D eigenvalue weighted by atomic mass is 9.94. The van der Waals surface area contributed by atoms with Crippen LogP contribution in [0, 0.1) is 0 Å². The van der Waals surface area contributed by atoms with E-state index in [1.165, 1.54) is 11.0 Å². The number of carbonyl (C=O) groups is 1. The van der Waals surface area contributed by atoms with Crippen molar-refractivity contribution < 1.29 is 4.79 Å². The normalized spacial score (nSPS) is 16.4. The van der Waals surface area contributed by atoms with Crippen molar-refractivity contribution in [2.24, 2.45) is 0 Å². The Hall–Kier alpha value is -3.03. The molecule has 1 saturated heterocycles. The lowest BCUT2D eigenvalue weighted by Gasteiger charge is -2.34. The van der Waals surface area contributed by atoms with Crippen LogP contribution in [0.4, 0.5) is 0 Å². The van der Waals surface area contributed by atoms with Crippen LogP contribution in [0.15, 0.2) is 49.1 Å². The average Bonchev–Trinajstić information content (AvgIpc) is 3.41. The third kappa shape index (κ3) is 3.47. The number of benzene rings is 1. The van der Waals surface area contributed by atoms with Crippen LogP contribution in [-0.4, -0.2) is 53.7 Å². The molecule has 0 aliphatic carbocycles. The molecule has 1 atom stereocenters. The number of carbonyl (C=O) groups excluding carboxylic acids is 1. The van der Waals surface area contributed by atoms with E-state index >= 15 is 0 Å². The predicted octanol–water partition coefficient (Wildman–Crippen LogP) is 1.89. The summed E-state index contributed by atoms with van der Waals surface area (Å²) in [7, 11) is 0. The molecule has 27 heavy (non-hydrogen) atoms. The Bertz CT molecular complexity index is 867. The number of aromatic nitrogens is 6. The van der Waals surface area contributed by atoms with Crippen LogP contribution < -0.4 is 0 Å². The van der Waals surface area contributed by atoms with Crippen molar-refractivity contribution in [1.29, 1.82) is 0 Å². The highest BCUT2D eigenvalue weighted by molar-refractivity contribution is 5.83. The monoisotopic (exact) mass is 365 g/mol. The van der Waals surface area contributed by atoms with Gasteiger partial charge in [-0.15, -0.1) is 5.10 Å². The number of tetrazole rings is 1. The minimum atomic E-state index is -0.532. The third-order valence-electron chi connectivity index (χ3n) is 5.24. The Kier molecular flexibility index (Phi) is 4.95. The lowest BCUT2D eigenvalue weighted by molar-refractivity contribution is -0.135. The fourth-order valence-electron chi connectivity index (χ4n) is 3.81. The molecule has 1 unspecified atom stereocenters. The quantitative estimate of drug-likeness (QED) is 0.690. The summed E-state index contributed by atoms with van der Waals surface area (Å²) < 4.78 is 3.73. The molecule has 3 aromatic rings. The Morgan fingerprint density at radius 3 is 2.67 bits per heavy atom. The zero-order valence-corrected chi connectivity index (χ0v) is 15.3. The van der Waals surface area contributed by atoms with Crippen LogP contribution in [0.1, 0.15) is 43.1 Å². The van der Waals surface area contributed by atoms with Crippen molar-refractivity contribution in [3.8, 4) is 0 Å². The van der Waals surface area contributed by atoms with E-state index in [-0.39, 0.29) is 5.91 Å². The highest BCUT2D eigenvalue weighted by atomic mass is 16.2. The summed E-state index contributed by atoms with van der Waals surface area (Å²) in [5.41, 5.74) is 0.887. The van der Waals surface area contributed by atoms with Gasteiger partial charge in [-0.05, 0) is 35.8 Å². The van der Waals surface area contributed by atoms with Gasteiger partial charge in [0.1, 0.15) is 12.2 Å². The van der Waals surface area contributed by atoms with E-state index in [2.05, 4.69) is 32.0 Å². The molecule has 1 fully saturated rings. The van der Waals surface area contributed by atoms with Crippen molar-refractivity contribution in [2.75, 3.05) is 13.1 Å². The summed E-state index contributed by atoms with van der Waals surface area (Å²) in [6.45, 7) is 4.47. The Balaban J connectivity index is 1.50. The van der Waals surface area contributed by atoms with Crippen molar-refractivity contribution in [2.45, 2.75) is 38.3 Å². The molecule has 8 nitrogen and oxygen atoms in total. The van der Waals surface area contributed by atoms with Crippen LogP contribution in [0.25, 0.3) is 0 Å². The first-order chi connectivity index (χ1) is 13.3. The van der Waals surface area contributed by atoms with E-state index in [0.29, 0.717) is 19.0 Å². The third-order valence-corrected chi connectivity index (χ3v) is 5.24. The number of rotatable bonds is 5. The molecule has 0 saturated carbocycles. The topological polar surface area (TPSA) is 81.7 Å². The van der Waals surface area contributed by atoms with Crippen molar-refractivity contribution in [1.82, 2.24) is 34.7 Å². The summed E-state index contributed by atoms with van der Waals surface area (Å²) in [4.78, 5) is 19.8. The molecule has 1 aliphatic heterocycles. The van der Waals surface area contributed by atoms with E-state index in [9.17, 15) is 4.79 Å². The van der Waals surface area contributed by atoms with Gasteiger partial charge in [-0.25, -0.2) is 9.67 Å². The molecular formula is C19H23N7O. The first-order valence-corrected chi connectivity index (χ1v) is 9.35. The van der Waals surface area contributed by atoms with Gasteiger partial charge >= 0.3 is 0 Å². The van der Waals surface area contributed by atoms with E-state index in [1.54, 1.807) is 0 Å². The maximum Gasteiger partial charge on any atom is 0.252 e. The second-order valence-corrected chi connectivity index (χ2v) is 6.77. The molecule has 1 aliphatic rings. The van der Waals surface area contributed by atoms with E-state index in [1.807, 2.05) is 47.6 Å². The molecule has 2 aromatic heterocycles. The maximum absolute atomic E-state index is 13.3. The number of aryl methyl sites for hydroxylation is 1. The Morgan fingerprint density at radius 1 is 1.22 bits per heavy atom. The Morgan fingerprint density at radius 2 is 2.00 bits per heavy atom. The second-order valence-electron chi connectivity index (χ2n) is 6.77. The molecule has 1 amide bonds. The summed E-state index contributed by atoms with van der Waals surface area (Å²) in [5.74, 6) is 1.56. The SMILES string of the molecule is CCn1ccnc1C1CCN(C(=O)C(c2ccccc2)n2cnnn2)CC1. The highest BCUT2D eigenvalue weighted by Gasteiger charge is 2.32. The number of imidazole rings is 1. The smallest absolute Gasteiger partial charge is 0.252 e. The number of amides is 1. The zero-order valence-electron chi connectivity index (χ0n) is 15.3. The fraction of sp³-hybridized carbons (Fsp3) is 0.421. The number of hydrogen-bond acceptors (Lipinski definition) is 5. The number of likely N-dealkylation sites (tertiary alicyclic amines) is 1. The van der Waals surface area contributed by atoms with Crippen LogP contribution in [-0.2, 0) is 11.3 Å². The number of piperidine rings is 1. The molecule has 0 spiro atoms. The zero-order chi connectivity index (χ0) is 18.6. The minimum absolute atomic E-state index is 0.0331. The first kappa shape index (κ1) is 17.4. The summed E-state index contributed by atoms with van der Waals surface area (Å²) >= 11 is 0. The van der Waals surface area contributed by atoms with Crippen molar-refractivity contribution in [3.05, 3.63) is 60.4 Å². The van der Waals surface area contributed by atoms with Gasteiger partial charge in [-0.3, -0.25) is 4.79 Å². The summed E-state index contributed by atoms with van der Waals surface area (Å²) in [6.07, 6.45) is 7.22. The van der Waals surface area contributed by atoms with Gasteiger partial charge in [0.25, 0.3) is 5.91 Å². The van der Waals surface area contributed by atoms with Gasteiger partial charge < -0.3 is 9.47 Å². The molecule has 3 heterocycles. The maximum atomic E-state index is 13.3. The molecule has 1 aromatic carbocycles. The molecule has 140 valence electrons. The summed E-state index contributed by atoms with van der Waals surface area (Å²) in [5, 5.41) is 11.4. The molecule has 0 radical (unpaired) electrons. The van der Waals surface area contributed by atoms with E-state index in [0.717, 1.165) is 30.8 Å². The van der Waals surface area contributed by atoms with Gasteiger partial charge in [0.15, 0.2) is 6.04 Å². The van der Waals surface area contributed by atoms with Gasteiger partial charge in [0.05, 0.1) is 0 Å². The standard InChI is InChI=1S/C19H23N7O/c1-2-24-13-10-20-18(24)16-8-11-25(12-9-16)19(27)17(26-14-21-22-23-26)15-6-4-3-5-7-15/h3-7,10,13-14,16-17H,2,8-9,11-12H2,1H3. The van der Waals surface area contributed by atoms with Crippen molar-refractivity contribution >= 4 is 5.91 Å². The largest absolute Gasteiger partial charge is 0.340 e. The number of hydrogen-bond donors (Lipinski definition) is 0. The molecule has 8 heteroatoms. The van der Waals surface area contributed by atoms with Crippen molar-refractivity contribution in [3.63, 3.8) is 0 Å². The van der Waals surface area contributed by atoms with Crippen LogP contribution >= 0.6 is 0 Å². The van der Waals surface area contributed by atoms with Gasteiger partial charge in [-0.1, -0.05) is 30.3 Å². The number of nitrogens with zero attached hydrogens (tertiary/aromatic N) is 7. The molecular weight excluding hydrogens is 342 g/mol. The molecule has 4 rings (SSSR count). The van der Waals surface area contributed by atoms with Gasteiger partial charge in [0, 0.05) is 37.9 Å². The second kappa shape index (κ2) is 7.69. The van der Waals surface area contributed by atoms with E-state index in [4.69, 9.17) is 0 Å². The lowest BCUT2D eigenvalue weighted by Crippen LogP contribution is -2.42. The Labute approximate surface area is 157 Å².